The van der Waals surface area contributed by atoms with E-state index in [9.17, 15) is 19.2 Å². The van der Waals surface area contributed by atoms with Gasteiger partial charge in [-0.3, -0.25) is 14.4 Å². The van der Waals surface area contributed by atoms with Gasteiger partial charge in [-0.05, 0) is 72.9 Å². The standard InChI is InChI=1S/C13H27NO.C11H12O2.C7H12O2.C3H6.2C2H6/c1-4-6-12(7-5-2)15-13-8-10-14(3)11-9-13;1-7-4-5-10(8(2)12)11(6-7)9(3)13;1-6(7(2)9)4-3-5-8;1-2-3-1;2*1-2/h12-13H,4-11H2,1-3H3;4-6H,1-3H3;5-6H,3-4H2,1-2H3;1-3H2;2*1-2H3. The van der Waals surface area contributed by atoms with E-state index >= 15 is 0 Å². The molecule has 0 N–H and O–H groups in total. The predicted octanol–water partition coefficient (Wildman–Crippen LogP) is 9.88. The molecule has 1 saturated carbocycles. The number of hydrogen-bond donors (Lipinski definition) is 0. The number of likely N-dealkylation sites (tertiary alicyclic amines) is 1. The predicted molar refractivity (Wildman–Crippen MR) is 188 cm³/mol. The average molecular weight is 620 g/mol. The lowest BCUT2D eigenvalue weighted by Crippen LogP contribution is -2.36. The van der Waals surface area contributed by atoms with Crippen molar-refractivity contribution in [2.45, 2.75) is 159 Å². The molecule has 2 fully saturated rings. The normalized spacial score (nSPS) is 14.2. The van der Waals surface area contributed by atoms with Gasteiger partial charge in [0.1, 0.15) is 12.1 Å². The molecule has 6 heteroatoms. The third kappa shape index (κ3) is 26.2. The van der Waals surface area contributed by atoms with E-state index in [1.807, 2.05) is 47.6 Å². The van der Waals surface area contributed by atoms with E-state index < -0.39 is 0 Å². The Morgan fingerprint density at radius 3 is 1.70 bits per heavy atom. The van der Waals surface area contributed by atoms with Crippen molar-refractivity contribution in [2.75, 3.05) is 20.1 Å². The fourth-order valence-corrected chi connectivity index (χ4v) is 4.10. The first kappa shape index (κ1) is 46.2. The number of carbonyl (C=O) groups excluding carboxylic acids is 4. The maximum Gasteiger partial charge on any atom is 0.160 e. The second kappa shape index (κ2) is 30.8. The van der Waals surface area contributed by atoms with Crippen LogP contribution in [0.15, 0.2) is 18.2 Å². The molecule has 0 spiro atoms. The first-order valence-electron chi connectivity index (χ1n) is 17.4. The summed E-state index contributed by atoms with van der Waals surface area (Å²) in [6.07, 6.45) is 15.0. The Balaban J connectivity index is -0.000000527. The Hall–Kier alpha value is -2.18. The highest BCUT2D eigenvalue weighted by Crippen LogP contribution is 2.19. The molecule has 1 aromatic rings. The summed E-state index contributed by atoms with van der Waals surface area (Å²) in [5.41, 5.74) is 2.03. The number of carbonyl (C=O) groups is 4. The van der Waals surface area contributed by atoms with Gasteiger partial charge in [-0.15, -0.1) is 0 Å². The fourth-order valence-electron chi connectivity index (χ4n) is 4.10. The Labute approximate surface area is 272 Å². The average Bonchev–Trinajstić information content (AvgIpc) is 3.90. The Morgan fingerprint density at radius 1 is 0.864 bits per heavy atom. The molecule has 1 atom stereocenters. The van der Waals surface area contributed by atoms with Crippen molar-refractivity contribution in [1.29, 1.82) is 0 Å². The Kier molecular flexibility index (Phi) is 32.4. The zero-order chi connectivity index (χ0) is 34.5. The van der Waals surface area contributed by atoms with E-state index in [-0.39, 0.29) is 23.3 Å². The number of rotatable bonds is 12. The van der Waals surface area contributed by atoms with Crippen LogP contribution in [0.5, 0.6) is 0 Å². The summed E-state index contributed by atoms with van der Waals surface area (Å²) in [6, 6.07) is 5.29. The van der Waals surface area contributed by atoms with Crippen LogP contribution in [0.2, 0.25) is 0 Å². The largest absolute Gasteiger partial charge is 0.375 e. The molecule has 0 amide bonds. The molecule has 3 rings (SSSR count). The van der Waals surface area contributed by atoms with E-state index in [1.54, 1.807) is 19.1 Å². The number of Topliss-reactive ketones (excluding diaryl/α,β-unsaturated/α-hetero) is 3. The van der Waals surface area contributed by atoms with Crippen LogP contribution in [0.3, 0.4) is 0 Å². The Morgan fingerprint density at radius 2 is 1.34 bits per heavy atom. The van der Waals surface area contributed by atoms with E-state index in [0.29, 0.717) is 36.2 Å². The molecule has 1 heterocycles. The molecule has 0 aromatic heterocycles. The lowest BCUT2D eigenvalue weighted by atomic mass is 9.99. The summed E-state index contributed by atoms with van der Waals surface area (Å²) in [6.45, 7) is 23.1. The topological polar surface area (TPSA) is 80.8 Å². The highest BCUT2D eigenvalue weighted by molar-refractivity contribution is 6.07. The first-order valence-corrected chi connectivity index (χ1v) is 17.4. The first-order chi connectivity index (χ1) is 21.0. The smallest absolute Gasteiger partial charge is 0.160 e. The number of ketones is 3. The minimum absolute atomic E-state index is 0.0511. The SMILES string of the molecule is C1CC1.CC.CC.CC(=O)C(C)CCC=O.CC(=O)c1ccc(C)cc1C(C)=O.CCCC(CCC)OC1CCN(C)CC1. The van der Waals surface area contributed by atoms with Crippen molar-refractivity contribution in [2.24, 2.45) is 5.92 Å². The highest BCUT2D eigenvalue weighted by Gasteiger charge is 2.20. The van der Waals surface area contributed by atoms with Gasteiger partial charge in [0.2, 0.25) is 0 Å². The van der Waals surface area contributed by atoms with Crippen molar-refractivity contribution < 1.29 is 23.9 Å². The molecule has 2 aliphatic rings. The zero-order valence-corrected chi connectivity index (χ0v) is 30.7. The number of benzene rings is 1. The van der Waals surface area contributed by atoms with Gasteiger partial charge in [-0.2, -0.15) is 0 Å². The van der Waals surface area contributed by atoms with Gasteiger partial charge in [0.25, 0.3) is 0 Å². The maximum absolute atomic E-state index is 11.2. The van der Waals surface area contributed by atoms with Crippen LogP contribution < -0.4 is 0 Å². The highest BCUT2D eigenvalue weighted by atomic mass is 16.5. The molecule has 0 radical (unpaired) electrons. The molecule has 44 heavy (non-hydrogen) atoms. The van der Waals surface area contributed by atoms with Crippen LogP contribution in [0, 0.1) is 12.8 Å². The Bertz CT molecular complexity index is 863. The number of hydrogen-bond acceptors (Lipinski definition) is 6. The number of ether oxygens (including phenoxy) is 1. The molecule has 1 saturated heterocycles. The van der Waals surface area contributed by atoms with Crippen LogP contribution in [-0.4, -0.2) is 60.9 Å². The summed E-state index contributed by atoms with van der Waals surface area (Å²) < 4.78 is 6.19. The van der Waals surface area contributed by atoms with Gasteiger partial charge < -0.3 is 14.4 Å². The number of aldehydes is 1. The summed E-state index contributed by atoms with van der Waals surface area (Å²) in [7, 11) is 2.20. The minimum atomic E-state index is -0.0646. The molecular weight excluding hydrogens is 550 g/mol. The summed E-state index contributed by atoms with van der Waals surface area (Å²) in [5, 5.41) is 0. The molecular formula is C38H69NO5. The van der Waals surface area contributed by atoms with Crippen LogP contribution in [0.1, 0.15) is 166 Å². The maximum atomic E-state index is 11.2. The van der Waals surface area contributed by atoms with Gasteiger partial charge in [-0.1, -0.05) is 98.3 Å². The van der Waals surface area contributed by atoms with Gasteiger partial charge in [0.05, 0.1) is 12.2 Å². The molecule has 1 unspecified atom stereocenters. The van der Waals surface area contributed by atoms with E-state index in [0.717, 1.165) is 11.8 Å². The van der Waals surface area contributed by atoms with Crippen molar-refractivity contribution >= 4 is 23.6 Å². The minimum Gasteiger partial charge on any atom is -0.375 e. The molecule has 256 valence electrons. The van der Waals surface area contributed by atoms with E-state index in [2.05, 4.69) is 25.8 Å². The second-order valence-electron chi connectivity index (χ2n) is 11.3. The van der Waals surface area contributed by atoms with Crippen LogP contribution >= 0.6 is 0 Å². The van der Waals surface area contributed by atoms with E-state index in [4.69, 9.17) is 4.74 Å². The summed E-state index contributed by atoms with van der Waals surface area (Å²) in [4.78, 5) is 45.1. The molecule has 1 aliphatic carbocycles. The number of piperidine rings is 1. The fraction of sp³-hybridized carbons (Fsp3) is 0.737. The molecule has 1 aliphatic heterocycles. The van der Waals surface area contributed by atoms with Gasteiger partial charge in [-0.25, -0.2) is 0 Å². The second-order valence-corrected chi connectivity index (χ2v) is 11.3. The lowest BCUT2D eigenvalue weighted by molar-refractivity contribution is -0.120. The van der Waals surface area contributed by atoms with Crippen molar-refractivity contribution in [3.05, 3.63) is 34.9 Å². The monoisotopic (exact) mass is 620 g/mol. The molecule has 0 bridgehead atoms. The van der Waals surface area contributed by atoms with Crippen molar-refractivity contribution in [3.8, 4) is 0 Å². The number of nitrogens with zero attached hydrogens (tertiary/aromatic N) is 1. The van der Waals surface area contributed by atoms with Crippen LogP contribution in [0.25, 0.3) is 0 Å². The summed E-state index contributed by atoms with van der Waals surface area (Å²) in [5.74, 6) is 0.0890. The van der Waals surface area contributed by atoms with Crippen molar-refractivity contribution in [3.63, 3.8) is 0 Å². The lowest BCUT2D eigenvalue weighted by Gasteiger charge is -2.31. The van der Waals surface area contributed by atoms with Crippen LogP contribution in [0.4, 0.5) is 0 Å². The quantitative estimate of drug-likeness (QED) is 0.171. The molecule has 1 aromatic carbocycles. The van der Waals surface area contributed by atoms with Crippen molar-refractivity contribution in [1.82, 2.24) is 4.90 Å². The van der Waals surface area contributed by atoms with Gasteiger partial charge in [0, 0.05) is 36.6 Å². The molecule has 6 nitrogen and oxygen atoms in total. The third-order valence-corrected chi connectivity index (χ3v) is 6.97. The third-order valence-electron chi connectivity index (χ3n) is 6.97. The zero-order valence-electron chi connectivity index (χ0n) is 30.7. The van der Waals surface area contributed by atoms with E-state index in [1.165, 1.54) is 84.7 Å². The number of aryl methyl sites for hydroxylation is 1. The van der Waals surface area contributed by atoms with Crippen LogP contribution in [-0.2, 0) is 14.3 Å². The van der Waals surface area contributed by atoms with Gasteiger partial charge in [0.15, 0.2) is 11.6 Å². The van der Waals surface area contributed by atoms with Gasteiger partial charge >= 0.3 is 0 Å². The summed E-state index contributed by atoms with van der Waals surface area (Å²) >= 11 is 0.